The number of hydrogen-bond acceptors (Lipinski definition) is 4. The summed E-state index contributed by atoms with van der Waals surface area (Å²) in [6.07, 6.45) is 4.10. The largest absolute Gasteiger partial charge is 0.375 e. The molecule has 0 aromatic heterocycles. The fourth-order valence-corrected chi connectivity index (χ4v) is 2.60. The van der Waals surface area contributed by atoms with Gasteiger partial charge in [0.1, 0.15) is 10.7 Å². The molecule has 1 saturated carbocycles. The number of halogens is 1. The highest BCUT2D eigenvalue weighted by atomic mass is 35.5. The zero-order valence-electron chi connectivity index (χ0n) is 9.93. The summed E-state index contributed by atoms with van der Waals surface area (Å²) >= 11 is 5.87. The van der Waals surface area contributed by atoms with E-state index >= 15 is 0 Å². The van der Waals surface area contributed by atoms with Crippen LogP contribution in [0.3, 0.4) is 0 Å². The Morgan fingerprint density at radius 3 is 2.78 bits per heavy atom. The minimum absolute atomic E-state index is 0.0392. The standard InChI is InChI=1S/C12H16ClN3O2/c13-8-4-3-7-11(12(8)16(17)18)15-10-6-2-1-5-9(10)14/h3-4,7,9-10,15H,1-2,5-6,14H2/t9-,10-/m1/s1. The maximum absolute atomic E-state index is 11.0. The van der Waals surface area contributed by atoms with Crippen molar-refractivity contribution in [1.82, 2.24) is 0 Å². The van der Waals surface area contributed by atoms with Crippen molar-refractivity contribution in [2.24, 2.45) is 5.73 Å². The van der Waals surface area contributed by atoms with Crippen molar-refractivity contribution >= 4 is 23.0 Å². The molecule has 0 saturated heterocycles. The maximum Gasteiger partial charge on any atom is 0.310 e. The monoisotopic (exact) mass is 269 g/mol. The third-order valence-electron chi connectivity index (χ3n) is 3.33. The second-order valence-corrected chi connectivity index (χ2v) is 5.00. The number of benzene rings is 1. The van der Waals surface area contributed by atoms with Gasteiger partial charge in [0, 0.05) is 12.1 Å². The number of nitro benzene ring substituents is 1. The van der Waals surface area contributed by atoms with Crippen LogP contribution >= 0.6 is 11.6 Å². The third-order valence-corrected chi connectivity index (χ3v) is 3.63. The third kappa shape index (κ3) is 2.73. The number of hydrogen-bond donors (Lipinski definition) is 2. The molecule has 1 aromatic carbocycles. The van der Waals surface area contributed by atoms with Crippen molar-refractivity contribution in [3.63, 3.8) is 0 Å². The highest BCUT2D eigenvalue weighted by Gasteiger charge is 2.25. The van der Waals surface area contributed by atoms with Crippen LogP contribution in [0, 0.1) is 10.1 Å². The van der Waals surface area contributed by atoms with Gasteiger partial charge in [-0.25, -0.2) is 0 Å². The van der Waals surface area contributed by atoms with Crippen molar-refractivity contribution in [3.05, 3.63) is 33.3 Å². The lowest BCUT2D eigenvalue weighted by Crippen LogP contribution is -2.42. The Kier molecular flexibility index (Phi) is 4.04. The van der Waals surface area contributed by atoms with E-state index < -0.39 is 4.92 Å². The van der Waals surface area contributed by atoms with Crippen LogP contribution in [0.1, 0.15) is 25.7 Å². The Morgan fingerprint density at radius 2 is 2.11 bits per heavy atom. The number of nitrogens with one attached hydrogen (secondary N) is 1. The molecule has 18 heavy (non-hydrogen) atoms. The van der Waals surface area contributed by atoms with Crippen LogP contribution < -0.4 is 11.1 Å². The van der Waals surface area contributed by atoms with Crippen LogP contribution in [0.25, 0.3) is 0 Å². The summed E-state index contributed by atoms with van der Waals surface area (Å²) in [5, 5.41) is 14.3. The molecule has 0 bridgehead atoms. The van der Waals surface area contributed by atoms with E-state index in [1.807, 2.05) is 0 Å². The fraction of sp³-hybridized carbons (Fsp3) is 0.500. The molecule has 1 aromatic rings. The van der Waals surface area contributed by atoms with Crippen molar-refractivity contribution in [3.8, 4) is 0 Å². The second-order valence-electron chi connectivity index (χ2n) is 4.59. The van der Waals surface area contributed by atoms with Gasteiger partial charge in [0.15, 0.2) is 0 Å². The zero-order chi connectivity index (χ0) is 13.1. The van der Waals surface area contributed by atoms with Crippen LogP contribution in [-0.2, 0) is 0 Å². The number of nitro groups is 1. The van der Waals surface area contributed by atoms with Gasteiger partial charge in [-0.1, -0.05) is 30.5 Å². The maximum atomic E-state index is 11.0. The average molecular weight is 270 g/mol. The van der Waals surface area contributed by atoms with Crippen molar-refractivity contribution < 1.29 is 4.92 Å². The van der Waals surface area contributed by atoms with E-state index in [2.05, 4.69) is 5.32 Å². The molecule has 98 valence electrons. The number of anilines is 1. The molecule has 3 N–H and O–H groups in total. The van der Waals surface area contributed by atoms with Crippen molar-refractivity contribution in [2.75, 3.05) is 5.32 Å². The highest BCUT2D eigenvalue weighted by Crippen LogP contribution is 2.34. The van der Waals surface area contributed by atoms with E-state index in [9.17, 15) is 10.1 Å². The summed E-state index contributed by atoms with van der Waals surface area (Å²) in [4.78, 5) is 10.6. The predicted molar refractivity (Wildman–Crippen MR) is 72.0 cm³/mol. The summed E-state index contributed by atoms with van der Waals surface area (Å²) in [6, 6.07) is 5.01. The first-order valence-electron chi connectivity index (χ1n) is 6.04. The molecule has 0 spiro atoms. The van der Waals surface area contributed by atoms with E-state index in [4.69, 9.17) is 17.3 Å². The van der Waals surface area contributed by atoms with Gasteiger partial charge in [0.05, 0.1) is 4.92 Å². The van der Waals surface area contributed by atoms with Crippen LogP contribution in [0.15, 0.2) is 18.2 Å². The molecule has 6 heteroatoms. The Bertz CT molecular complexity index is 453. The van der Waals surface area contributed by atoms with E-state index in [0.29, 0.717) is 5.69 Å². The van der Waals surface area contributed by atoms with Crippen molar-refractivity contribution in [2.45, 2.75) is 37.8 Å². The van der Waals surface area contributed by atoms with Gasteiger partial charge in [0.25, 0.3) is 0 Å². The Hall–Kier alpha value is -1.33. The molecule has 0 heterocycles. The average Bonchev–Trinajstić information content (AvgIpc) is 2.31. The minimum atomic E-state index is -0.459. The number of nitrogens with two attached hydrogens (primary N) is 1. The zero-order valence-corrected chi connectivity index (χ0v) is 10.7. The first kappa shape index (κ1) is 13.1. The summed E-state index contributed by atoms with van der Waals surface area (Å²) in [5.41, 5.74) is 6.41. The van der Waals surface area contributed by atoms with Gasteiger partial charge in [0.2, 0.25) is 0 Å². The van der Waals surface area contributed by atoms with Crippen molar-refractivity contribution in [1.29, 1.82) is 0 Å². The molecule has 2 atom stereocenters. The lowest BCUT2D eigenvalue weighted by Gasteiger charge is -2.30. The summed E-state index contributed by atoms with van der Waals surface area (Å²) in [7, 11) is 0. The lowest BCUT2D eigenvalue weighted by molar-refractivity contribution is -0.383. The Labute approximate surface area is 110 Å². The second kappa shape index (κ2) is 5.54. The first-order valence-corrected chi connectivity index (χ1v) is 6.42. The topological polar surface area (TPSA) is 81.2 Å². The SMILES string of the molecule is N[C@@H]1CCCC[C@H]1Nc1cccc(Cl)c1[N+](=O)[O-]. The van der Waals surface area contributed by atoms with E-state index in [0.717, 1.165) is 25.7 Å². The number of rotatable bonds is 3. The van der Waals surface area contributed by atoms with E-state index in [1.54, 1.807) is 12.1 Å². The molecule has 0 amide bonds. The highest BCUT2D eigenvalue weighted by molar-refractivity contribution is 6.33. The molecule has 2 rings (SSSR count). The minimum Gasteiger partial charge on any atom is -0.375 e. The molecule has 1 aliphatic carbocycles. The van der Waals surface area contributed by atoms with E-state index in [-0.39, 0.29) is 22.8 Å². The van der Waals surface area contributed by atoms with Crippen LogP contribution in [0.2, 0.25) is 5.02 Å². The quantitative estimate of drug-likeness (QED) is 0.653. The molecule has 1 fully saturated rings. The normalized spacial score (nSPS) is 23.7. The number of nitrogens with zero attached hydrogens (tertiary/aromatic N) is 1. The van der Waals surface area contributed by atoms with Gasteiger partial charge >= 0.3 is 5.69 Å². The predicted octanol–water partition coefficient (Wildman–Crippen LogP) is 2.93. The fourth-order valence-electron chi connectivity index (χ4n) is 2.36. The summed E-state index contributed by atoms with van der Waals surface area (Å²) < 4.78 is 0. The molecular formula is C12H16ClN3O2. The molecule has 1 aliphatic rings. The van der Waals surface area contributed by atoms with Crippen LogP contribution in [0.5, 0.6) is 0 Å². The molecule has 5 nitrogen and oxygen atoms in total. The molecule has 0 radical (unpaired) electrons. The molecule has 0 aliphatic heterocycles. The van der Waals surface area contributed by atoms with Crippen LogP contribution in [-0.4, -0.2) is 17.0 Å². The van der Waals surface area contributed by atoms with E-state index in [1.165, 1.54) is 6.07 Å². The van der Waals surface area contributed by atoms with Gasteiger partial charge in [-0.2, -0.15) is 0 Å². The first-order chi connectivity index (χ1) is 8.59. The summed E-state index contributed by atoms with van der Waals surface area (Å²) in [5.74, 6) is 0. The van der Waals surface area contributed by atoms with Gasteiger partial charge in [-0.05, 0) is 25.0 Å². The van der Waals surface area contributed by atoms with Crippen LogP contribution in [0.4, 0.5) is 11.4 Å². The van der Waals surface area contributed by atoms with Gasteiger partial charge in [-0.15, -0.1) is 0 Å². The molecule has 0 unspecified atom stereocenters. The van der Waals surface area contributed by atoms with Gasteiger partial charge < -0.3 is 11.1 Å². The lowest BCUT2D eigenvalue weighted by atomic mass is 9.91. The Morgan fingerprint density at radius 1 is 1.39 bits per heavy atom. The summed E-state index contributed by atoms with van der Waals surface area (Å²) in [6.45, 7) is 0. The number of para-hydroxylation sites is 1. The Balaban J connectivity index is 2.23. The molecular weight excluding hydrogens is 254 g/mol. The smallest absolute Gasteiger partial charge is 0.310 e. The van der Waals surface area contributed by atoms with Gasteiger partial charge in [-0.3, -0.25) is 10.1 Å².